The summed E-state index contributed by atoms with van der Waals surface area (Å²) in [6.07, 6.45) is 0.824. The van der Waals surface area contributed by atoms with Crippen molar-refractivity contribution < 1.29 is 9.18 Å². The van der Waals surface area contributed by atoms with Crippen LogP contribution in [0.4, 0.5) is 20.6 Å². The Balaban J connectivity index is 1.58. The number of urea groups is 1. The zero-order chi connectivity index (χ0) is 20.9. The fourth-order valence-electron chi connectivity index (χ4n) is 3.20. The molecule has 0 bridgehead atoms. The summed E-state index contributed by atoms with van der Waals surface area (Å²) < 4.78 is 14.1. The molecule has 1 aromatic heterocycles. The minimum atomic E-state index is -0.326. The van der Waals surface area contributed by atoms with E-state index in [0.29, 0.717) is 22.0 Å². The molecule has 4 rings (SSSR count). The molecule has 2 amide bonds. The Hall–Kier alpha value is -3.51. The van der Waals surface area contributed by atoms with E-state index in [1.54, 1.807) is 18.2 Å². The Morgan fingerprint density at radius 1 is 0.900 bits per heavy atom. The largest absolute Gasteiger partial charge is 0.323 e. The fraction of sp³-hybridized carbons (Fsp3) is 0.0833. The molecule has 6 heteroatoms. The molecule has 0 saturated heterocycles. The first kappa shape index (κ1) is 19.8. The van der Waals surface area contributed by atoms with Gasteiger partial charge in [-0.05, 0) is 36.2 Å². The van der Waals surface area contributed by atoms with E-state index >= 15 is 0 Å². The van der Waals surface area contributed by atoms with Gasteiger partial charge in [-0.2, -0.15) is 0 Å². The monoisotopic (exact) mass is 417 g/mol. The molecule has 0 aliphatic heterocycles. The molecule has 0 aliphatic carbocycles. The number of hydrogen-bond acceptors (Lipinski definition) is 3. The van der Waals surface area contributed by atoms with Crippen LogP contribution in [0.3, 0.4) is 0 Å². The minimum Gasteiger partial charge on any atom is -0.307 e. The third kappa shape index (κ3) is 4.23. The Bertz CT molecular complexity index is 1190. The molecule has 4 nitrogen and oxygen atoms in total. The predicted molar refractivity (Wildman–Crippen MR) is 121 cm³/mol. The second-order valence-corrected chi connectivity index (χ2v) is 7.51. The second kappa shape index (κ2) is 8.88. The molecule has 150 valence electrons. The first-order valence-electron chi connectivity index (χ1n) is 9.61. The van der Waals surface area contributed by atoms with Gasteiger partial charge in [0.25, 0.3) is 0 Å². The number of aryl methyl sites for hydroxylation is 1. The third-order valence-corrected chi connectivity index (χ3v) is 5.58. The SMILES string of the molecule is CCc1ccccc1NC(=O)Nc1ccccc1-c1csc(-c2ccccc2F)n1. The lowest BCUT2D eigenvalue weighted by Gasteiger charge is -2.13. The normalized spacial score (nSPS) is 10.6. The minimum absolute atomic E-state index is 0.307. The number of benzene rings is 3. The number of para-hydroxylation sites is 2. The van der Waals surface area contributed by atoms with Crippen LogP contribution in [-0.2, 0) is 6.42 Å². The van der Waals surface area contributed by atoms with Gasteiger partial charge in [-0.25, -0.2) is 14.2 Å². The van der Waals surface area contributed by atoms with Gasteiger partial charge < -0.3 is 10.6 Å². The van der Waals surface area contributed by atoms with Gasteiger partial charge in [0.05, 0.1) is 11.4 Å². The number of carbonyl (C=O) groups excluding carboxylic acids is 1. The van der Waals surface area contributed by atoms with Gasteiger partial charge >= 0.3 is 6.03 Å². The van der Waals surface area contributed by atoms with Gasteiger partial charge in [0.15, 0.2) is 0 Å². The molecule has 0 unspecified atom stereocenters. The Kier molecular flexibility index (Phi) is 5.86. The van der Waals surface area contributed by atoms with Crippen molar-refractivity contribution in [3.05, 3.63) is 89.6 Å². The molecule has 2 N–H and O–H groups in total. The van der Waals surface area contributed by atoms with Gasteiger partial charge in [-0.1, -0.05) is 55.5 Å². The molecule has 0 atom stereocenters. The molecule has 0 spiro atoms. The van der Waals surface area contributed by atoms with Gasteiger partial charge in [-0.3, -0.25) is 0 Å². The lowest BCUT2D eigenvalue weighted by Crippen LogP contribution is -2.20. The molecule has 0 aliphatic rings. The number of amides is 2. The molecule has 3 aromatic carbocycles. The highest BCUT2D eigenvalue weighted by molar-refractivity contribution is 7.13. The Morgan fingerprint density at radius 2 is 1.53 bits per heavy atom. The Labute approximate surface area is 178 Å². The van der Waals surface area contributed by atoms with Crippen LogP contribution in [0.5, 0.6) is 0 Å². The van der Waals surface area contributed by atoms with Crippen LogP contribution in [0.1, 0.15) is 12.5 Å². The second-order valence-electron chi connectivity index (χ2n) is 6.65. The van der Waals surface area contributed by atoms with Crippen molar-refractivity contribution >= 4 is 28.7 Å². The standard InChI is InChI=1S/C24H20FN3OS/c1-2-16-9-3-7-13-20(16)27-24(29)28-21-14-8-5-11-18(21)22-15-30-23(26-22)17-10-4-6-12-19(17)25/h3-15H,2H2,1H3,(H2,27,28,29). The number of hydrogen-bond donors (Lipinski definition) is 2. The van der Waals surface area contributed by atoms with Crippen LogP contribution in [-0.4, -0.2) is 11.0 Å². The average Bonchev–Trinajstić information content (AvgIpc) is 3.24. The fourth-order valence-corrected chi connectivity index (χ4v) is 4.04. The van der Waals surface area contributed by atoms with E-state index in [1.165, 1.54) is 17.4 Å². The molecule has 0 saturated carbocycles. The third-order valence-electron chi connectivity index (χ3n) is 4.71. The summed E-state index contributed by atoms with van der Waals surface area (Å²) in [6.45, 7) is 2.04. The zero-order valence-corrected chi connectivity index (χ0v) is 17.2. The number of aromatic nitrogens is 1. The highest BCUT2D eigenvalue weighted by Crippen LogP contribution is 2.33. The number of halogens is 1. The average molecular weight is 418 g/mol. The predicted octanol–water partition coefficient (Wildman–Crippen LogP) is 6.82. The van der Waals surface area contributed by atoms with Crippen LogP contribution in [0.2, 0.25) is 0 Å². The molecule has 30 heavy (non-hydrogen) atoms. The summed E-state index contributed by atoms with van der Waals surface area (Å²) in [4.78, 5) is 17.2. The number of thiazole rings is 1. The summed E-state index contributed by atoms with van der Waals surface area (Å²) >= 11 is 1.37. The molecule has 4 aromatic rings. The van der Waals surface area contributed by atoms with Gasteiger partial charge in [0.2, 0.25) is 0 Å². The van der Waals surface area contributed by atoms with Crippen molar-refractivity contribution in [3.8, 4) is 21.8 Å². The first-order valence-corrected chi connectivity index (χ1v) is 10.5. The van der Waals surface area contributed by atoms with E-state index in [2.05, 4.69) is 15.6 Å². The lowest BCUT2D eigenvalue weighted by atomic mass is 10.1. The number of anilines is 2. The van der Waals surface area contributed by atoms with E-state index < -0.39 is 0 Å². The molecule has 0 fully saturated rings. The maximum Gasteiger partial charge on any atom is 0.323 e. The Morgan fingerprint density at radius 3 is 2.30 bits per heavy atom. The lowest BCUT2D eigenvalue weighted by molar-refractivity contribution is 0.262. The van der Waals surface area contributed by atoms with Crippen LogP contribution in [0, 0.1) is 5.82 Å². The van der Waals surface area contributed by atoms with E-state index in [9.17, 15) is 9.18 Å². The summed E-state index contributed by atoms with van der Waals surface area (Å²) in [5, 5.41) is 8.28. The van der Waals surface area contributed by atoms with Gasteiger partial charge in [-0.15, -0.1) is 11.3 Å². The van der Waals surface area contributed by atoms with Gasteiger partial charge in [0, 0.05) is 22.2 Å². The molecule has 1 heterocycles. The maximum atomic E-state index is 14.1. The van der Waals surface area contributed by atoms with Crippen LogP contribution >= 0.6 is 11.3 Å². The van der Waals surface area contributed by atoms with Crippen LogP contribution in [0.25, 0.3) is 21.8 Å². The first-order chi connectivity index (χ1) is 14.7. The van der Waals surface area contributed by atoms with E-state index in [-0.39, 0.29) is 11.8 Å². The van der Waals surface area contributed by atoms with E-state index in [0.717, 1.165) is 23.2 Å². The molecular weight excluding hydrogens is 397 g/mol. The van der Waals surface area contributed by atoms with Crippen molar-refractivity contribution in [2.75, 3.05) is 10.6 Å². The smallest absolute Gasteiger partial charge is 0.307 e. The summed E-state index contributed by atoms with van der Waals surface area (Å²) in [5.41, 5.74) is 4.40. The zero-order valence-electron chi connectivity index (χ0n) is 16.4. The van der Waals surface area contributed by atoms with Crippen LogP contribution < -0.4 is 10.6 Å². The topological polar surface area (TPSA) is 54.0 Å². The highest BCUT2D eigenvalue weighted by Gasteiger charge is 2.14. The highest BCUT2D eigenvalue weighted by atomic mass is 32.1. The summed E-state index contributed by atoms with van der Waals surface area (Å²) in [7, 11) is 0. The van der Waals surface area contributed by atoms with E-state index in [4.69, 9.17) is 0 Å². The number of nitrogens with zero attached hydrogens (tertiary/aromatic N) is 1. The van der Waals surface area contributed by atoms with Gasteiger partial charge in [0.1, 0.15) is 10.8 Å². The molecular formula is C24H20FN3OS. The number of rotatable bonds is 5. The molecule has 0 radical (unpaired) electrons. The quantitative estimate of drug-likeness (QED) is 0.374. The number of nitrogens with one attached hydrogen (secondary N) is 2. The van der Waals surface area contributed by atoms with Crippen molar-refractivity contribution in [2.24, 2.45) is 0 Å². The van der Waals surface area contributed by atoms with Crippen LogP contribution in [0.15, 0.2) is 78.2 Å². The number of carbonyl (C=O) groups is 1. The van der Waals surface area contributed by atoms with E-state index in [1.807, 2.05) is 60.8 Å². The van der Waals surface area contributed by atoms with Crippen molar-refractivity contribution in [2.45, 2.75) is 13.3 Å². The summed E-state index contributed by atoms with van der Waals surface area (Å²) in [5.74, 6) is -0.307. The maximum absolute atomic E-state index is 14.1. The van der Waals surface area contributed by atoms with Crippen molar-refractivity contribution in [1.82, 2.24) is 4.98 Å². The summed E-state index contributed by atoms with van der Waals surface area (Å²) in [6, 6.07) is 21.4. The van der Waals surface area contributed by atoms with Crippen molar-refractivity contribution in [3.63, 3.8) is 0 Å². The van der Waals surface area contributed by atoms with Crippen molar-refractivity contribution in [1.29, 1.82) is 0 Å².